The largest absolute Gasteiger partial charge is 0.384 e. The Balaban J connectivity index is 1.99. The molecule has 4 unspecified atom stereocenters. The van der Waals surface area contributed by atoms with Crippen molar-refractivity contribution in [2.45, 2.75) is 50.6 Å². The summed E-state index contributed by atoms with van der Waals surface area (Å²) in [5, 5.41) is 7.56. The number of anilines is 1. The fourth-order valence-corrected chi connectivity index (χ4v) is 5.63. The van der Waals surface area contributed by atoms with Gasteiger partial charge in [-0.1, -0.05) is 56.1 Å². The van der Waals surface area contributed by atoms with Gasteiger partial charge in [0.05, 0.1) is 11.1 Å². The van der Waals surface area contributed by atoms with E-state index >= 15 is 4.39 Å². The van der Waals surface area contributed by atoms with E-state index in [-0.39, 0.29) is 16.5 Å². The molecule has 4 N–H and O–H groups in total. The van der Waals surface area contributed by atoms with Crippen LogP contribution in [0, 0.1) is 11.2 Å². The topological polar surface area (TPSA) is 67.1 Å². The van der Waals surface area contributed by atoms with Gasteiger partial charge in [-0.3, -0.25) is 4.79 Å². The van der Waals surface area contributed by atoms with Crippen molar-refractivity contribution in [3.05, 3.63) is 63.4 Å². The normalized spacial score (nSPS) is 27.9. The number of amides is 1. The number of nitrogens with one attached hydrogen (secondary N) is 2. The smallest absolute Gasteiger partial charge is 0.235 e. The Kier molecular flexibility index (Phi) is 5.28. The minimum Gasteiger partial charge on any atom is -0.384 e. The van der Waals surface area contributed by atoms with E-state index in [9.17, 15) is 4.79 Å². The van der Waals surface area contributed by atoms with Crippen LogP contribution in [0.4, 0.5) is 10.1 Å². The molecule has 0 saturated carbocycles. The van der Waals surface area contributed by atoms with Gasteiger partial charge in [0.1, 0.15) is 5.82 Å². The molecule has 0 aromatic heterocycles. The second-order valence-corrected chi connectivity index (χ2v) is 10.4. The highest BCUT2D eigenvalue weighted by Crippen LogP contribution is 2.56. The Morgan fingerprint density at radius 2 is 2.00 bits per heavy atom. The maximum atomic E-state index is 15.3. The van der Waals surface area contributed by atoms with Gasteiger partial charge in [0.2, 0.25) is 5.91 Å². The van der Waals surface area contributed by atoms with Crippen molar-refractivity contribution in [3.8, 4) is 0 Å². The minimum absolute atomic E-state index is 0.0300. The van der Waals surface area contributed by atoms with Crippen molar-refractivity contribution in [3.63, 3.8) is 0 Å². The highest BCUT2D eigenvalue weighted by atomic mass is 35.5. The second kappa shape index (κ2) is 7.40. The van der Waals surface area contributed by atoms with E-state index in [0.717, 1.165) is 17.7 Å². The van der Waals surface area contributed by atoms with Crippen LogP contribution in [0.15, 0.2) is 36.4 Å². The Hall–Kier alpha value is -1.82. The molecule has 0 aliphatic carbocycles. The molecule has 2 aromatic carbocycles. The van der Waals surface area contributed by atoms with Crippen molar-refractivity contribution in [2.75, 3.05) is 11.9 Å². The summed E-state index contributed by atoms with van der Waals surface area (Å²) in [7, 11) is 0. The molecule has 0 bridgehead atoms. The van der Waals surface area contributed by atoms with Gasteiger partial charge in [0.25, 0.3) is 0 Å². The van der Waals surface area contributed by atoms with Gasteiger partial charge in [-0.25, -0.2) is 4.39 Å². The molecule has 160 valence electrons. The van der Waals surface area contributed by atoms with Crippen LogP contribution in [0.2, 0.25) is 10.0 Å². The predicted octanol–water partition coefficient (Wildman–Crippen LogP) is 4.84. The fraction of sp³-hybridized carbons (Fsp3) is 0.435. The quantitative estimate of drug-likeness (QED) is 0.627. The summed E-state index contributed by atoms with van der Waals surface area (Å²) in [6, 6.07) is 9.75. The zero-order chi connectivity index (χ0) is 21.8. The van der Waals surface area contributed by atoms with Crippen molar-refractivity contribution in [2.24, 2.45) is 11.1 Å². The first-order chi connectivity index (χ1) is 14.0. The van der Waals surface area contributed by atoms with E-state index in [1.807, 2.05) is 18.2 Å². The first kappa shape index (κ1) is 21.4. The standard InChI is InChI=1S/C23H26Cl2FN3O/c1-22(2,3)10-17-23(11-28-16-8-7-12(24)9-14(16)23)18(20(29-17)21(27)30)13-5-4-6-15(25)19(13)26/h4-9,17-18,20,28-29H,10-11H2,1-3H3,(H2,27,30). The zero-order valence-electron chi connectivity index (χ0n) is 17.2. The number of fused-ring (bicyclic) bond motifs is 2. The summed E-state index contributed by atoms with van der Waals surface area (Å²) in [5.41, 5.74) is 7.51. The summed E-state index contributed by atoms with van der Waals surface area (Å²) in [4.78, 5) is 12.6. The lowest BCUT2D eigenvalue weighted by Gasteiger charge is -2.39. The zero-order valence-corrected chi connectivity index (χ0v) is 18.7. The SMILES string of the molecule is CC(C)(C)CC1NC(C(N)=O)C(c2cccc(Cl)c2F)C12CNc1ccc(Cl)cc12. The average molecular weight is 450 g/mol. The number of primary amides is 1. The van der Waals surface area contributed by atoms with E-state index in [4.69, 9.17) is 28.9 Å². The molecule has 7 heteroatoms. The van der Waals surface area contributed by atoms with Crippen LogP contribution in [-0.2, 0) is 10.2 Å². The number of hydrogen-bond donors (Lipinski definition) is 3. The van der Waals surface area contributed by atoms with Crippen LogP contribution in [-0.4, -0.2) is 24.5 Å². The van der Waals surface area contributed by atoms with Crippen LogP contribution in [0.1, 0.15) is 44.2 Å². The third-order valence-corrected chi connectivity index (χ3v) is 6.91. The Bertz CT molecular complexity index is 1010. The lowest BCUT2D eigenvalue weighted by Crippen LogP contribution is -2.46. The van der Waals surface area contributed by atoms with Crippen molar-refractivity contribution in [1.29, 1.82) is 0 Å². The third-order valence-electron chi connectivity index (χ3n) is 6.38. The number of halogens is 3. The second-order valence-electron chi connectivity index (χ2n) is 9.57. The molecule has 1 amide bonds. The fourth-order valence-electron chi connectivity index (χ4n) is 5.27. The van der Waals surface area contributed by atoms with Crippen molar-refractivity contribution in [1.82, 2.24) is 5.32 Å². The van der Waals surface area contributed by atoms with E-state index in [2.05, 4.69) is 31.4 Å². The molecule has 0 radical (unpaired) electrons. The summed E-state index contributed by atoms with van der Waals surface area (Å²) in [6.45, 7) is 6.99. The van der Waals surface area contributed by atoms with Crippen LogP contribution in [0.5, 0.6) is 0 Å². The molecular formula is C23H26Cl2FN3O. The molecule has 2 aliphatic heterocycles. The van der Waals surface area contributed by atoms with E-state index < -0.39 is 29.1 Å². The van der Waals surface area contributed by atoms with E-state index in [1.54, 1.807) is 12.1 Å². The highest BCUT2D eigenvalue weighted by molar-refractivity contribution is 6.31. The Morgan fingerprint density at radius 1 is 1.27 bits per heavy atom. The first-order valence-electron chi connectivity index (χ1n) is 10.1. The summed E-state index contributed by atoms with van der Waals surface area (Å²) >= 11 is 12.5. The predicted molar refractivity (Wildman–Crippen MR) is 120 cm³/mol. The minimum atomic E-state index is -0.739. The summed E-state index contributed by atoms with van der Waals surface area (Å²) < 4.78 is 15.3. The number of carbonyl (C=O) groups is 1. The van der Waals surface area contributed by atoms with Crippen LogP contribution >= 0.6 is 23.2 Å². The molecule has 4 nitrogen and oxygen atoms in total. The number of rotatable bonds is 3. The first-order valence-corrected chi connectivity index (χ1v) is 10.8. The van der Waals surface area contributed by atoms with Gasteiger partial charge >= 0.3 is 0 Å². The van der Waals surface area contributed by atoms with Crippen LogP contribution in [0.25, 0.3) is 0 Å². The molecule has 30 heavy (non-hydrogen) atoms. The molecule has 1 fully saturated rings. The summed E-state index contributed by atoms with van der Waals surface area (Å²) in [5.74, 6) is -1.55. The highest BCUT2D eigenvalue weighted by Gasteiger charge is 2.61. The lowest BCUT2D eigenvalue weighted by atomic mass is 9.63. The van der Waals surface area contributed by atoms with Crippen molar-refractivity contribution >= 4 is 34.8 Å². The third kappa shape index (κ3) is 3.37. The number of benzene rings is 2. The maximum Gasteiger partial charge on any atom is 0.235 e. The molecule has 1 saturated heterocycles. The molecule has 2 aromatic rings. The molecule has 4 atom stereocenters. The average Bonchev–Trinajstić information content (AvgIpc) is 3.17. The maximum absolute atomic E-state index is 15.3. The molecule has 1 spiro atoms. The van der Waals surface area contributed by atoms with Gasteiger partial charge in [0.15, 0.2) is 0 Å². The molecule has 2 heterocycles. The van der Waals surface area contributed by atoms with Crippen LogP contribution in [0.3, 0.4) is 0 Å². The van der Waals surface area contributed by atoms with Gasteiger partial charge in [0, 0.05) is 34.6 Å². The molecule has 4 rings (SSSR count). The van der Waals surface area contributed by atoms with Gasteiger partial charge < -0.3 is 16.4 Å². The van der Waals surface area contributed by atoms with Gasteiger partial charge in [-0.15, -0.1) is 0 Å². The number of hydrogen-bond acceptors (Lipinski definition) is 3. The lowest BCUT2D eigenvalue weighted by molar-refractivity contribution is -0.120. The number of nitrogens with two attached hydrogens (primary N) is 1. The van der Waals surface area contributed by atoms with E-state index in [1.165, 1.54) is 6.07 Å². The molecule has 2 aliphatic rings. The van der Waals surface area contributed by atoms with Crippen molar-refractivity contribution < 1.29 is 9.18 Å². The van der Waals surface area contributed by atoms with Gasteiger partial charge in [-0.05, 0) is 47.2 Å². The van der Waals surface area contributed by atoms with Crippen LogP contribution < -0.4 is 16.4 Å². The van der Waals surface area contributed by atoms with E-state index in [0.29, 0.717) is 17.1 Å². The van der Waals surface area contributed by atoms with Gasteiger partial charge in [-0.2, -0.15) is 0 Å². The number of carbonyl (C=O) groups excluding carboxylic acids is 1. The Morgan fingerprint density at radius 3 is 2.67 bits per heavy atom. The molecular weight excluding hydrogens is 424 g/mol. The monoisotopic (exact) mass is 449 g/mol. The summed E-state index contributed by atoms with van der Waals surface area (Å²) in [6.07, 6.45) is 0.767. The Labute approximate surface area is 186 Å².